The van der Waals surface area contributed by atoms with Crippen LogP contribution < -0.4 is 9.47 Å². The Balaban J connectivity index is 1.98. The van der Waals surface area contributed by atoms with Crippen LogP contribution in [0.3, 0.4) is 0 Å². The Bertz CT molecular complexity index is 1120. The van der Waals surface area contributed by atoms with Gasteiger partial charge in [-0.05, 0) is 63.5 Å². The molecule has 1 amide bonds. The minimum absolute atomic E-state index is 0.0971. The van der Waals surface area contributed by atoms with Gasteiger partial charge in [-0.2, -0.15) is 0 Å². The van der Waals surface area contributed by atoms with Crippen molar-refractivity contribution in [1.82, 2.24) is 9.80 Å². The lowest BCUT2D eigenvalue weighted by Crippen LogP contribution is -2.34. The first kappa shape index (κ1) is 29.2. The van der Waals surface area contributed by atoms with Crippen molar-refractivity contribution in [1.29, 1.82) is 0 Å². The SMILES string of the molecule is CCCCN(CCCC)CCCN1C(=O)C(=O)/C(=C(/O)c2ccc(C)cc2)C1c1ccc(OC)c(OC)c1. The van der Waals surface area contributed by atoms with Crippen LogP contribution in [0.1, 0.15) is 68.7 Å². The maximum Gasteiger partial charge on any atom is 0.295 e. The Kier molecular flexibility index (Phi) is 10.8. The highest BCUT2D eigenvalue weighted by Gasteiger charge is 2.46. The number of likely N-dealkylation sites (tertiary alicyclic amines) is 1. The van der Waals surface area contributed by atoms with Crippen LogP contribution in [0.2, 0.25) is 0 Å². The van der Waals surface area contributed by atoms with Crippen molar-refractivity contribution in [2.45, 2.75) is 58.9 Å². The molecule has 1 aliphatic heterocycles. The van der Waals surface area contributed by atoms with Gasteiger partial charge in [-0.1, -0.05) is 62.6 Å². The normalized spacial score (nSPS) is 16.9. The molecule has 0 aliphatic carbocycles. The van der Waals surface area contributed by atoms with Crippen molar-refractivity contribution in [3.05, 3.63) is 64.7 Å². The van der Waals surface area contributed by atoms with Gasteiger partial charge in [0.1, 0.15) is 5.76 Å². The summed E-state index contributed by atoms with van der Waals surface area (Å²) in [6.45, 7) is 9.65. The van der Waals surface area contributed by atoms with E-state index < -0.39 is 17.7 Å². The van der Waals surface area contributed by atoms with Crippen LogP contribution >= 0.6 is 0 Å². The molecular weight excluding hydrogens is 480 g/mol. The number of carbonyl (C=O) groups is 2. The van der Waals surface area contributed by atoms with Gasteiger partial charge in [-0.15, -0.1) is 0 Å². The van der Waals surface area contributed by atoms with Crippen LogP contribution in [0.5, 0.6) is 11.5 Å². The molecule has 2 aromatic rings. The molecule has 7 heteroatoms. The zero-order chi connectivity index (χ0) is 27.7. The van der Waals surface area contributed by atoms with Crippen LogP contribution in [-0.2, 0) is 9.59 Å². The molecule has 0 spiro atoms. The van der Waals surface area contributed by atoms with Gasteiger partial charge in [0, 0.05) is 12.1 Å². The summed E-state index contributed by atoms with van der Waals surface area (Å²) in [5, 5.41) is 11.3. The number of nitrogens with zero attached hydrogens (tertiary/aromatic N) is 2. The number of amides is 1. The van der Waals surface area contributed by atoms with Crippen molar-refractivity contribution >= 4 is 17.4 Å². The Hall–Kier alpha value is -3.32. The van der Waals surface area contributed by atoms with Gasteiger partial charge in [0.05, 0.1) is 25.8 Å². The van der Waals surface area contributed by atoms with E-state index in [1.807, 2.05) is 25.1 Å². The molecule has 7 nitrogen and oxygen atoms in total. The maximum atomic E-state index is 13.4. The summed E-state index contributed by atoms with van der Waals surface area (Å²) in [7, 11) is 3.11. The molecule has 0 saturated carbocycles. The minimum Gasteiger partial charge on any atom is -0.507 e. The Morgan fingerprint density at radius 1 is 0.895 bits per heavy atom. The second-order valence-corrected chi connectivity index (χ2v) is 9.88. The topological polar surface area (TPSA) is 79.3 Å². The van der Waals surface area contributed by atoms with E-state index in [0.29, 0.717) is 29.2 Å². The second kappa shape index (κ2) is 14.0. The third-order valence-electron chi connectivity index (χ3n) is 7.12. The van der Waals surface area contributed by atoms with E-state index in [0.717, 1.165) is 57.3 Å². The molecule has 0 bridgehead atoms. The van der Waals surface area contributed by atoms with Crippen molar-refractivity contribution in [3.8, 4) is 11.5 Å². The molecule has 1 fully saturated rings. The molecule has 1 aliphatic rings. The van der Waals surface area contributed by atoms with E-state index in [1.54, 1.807) is 43.4 Å². The van der Waals surface area contributed by atoms with Gasteiger partial charge >= 0.3 is 0 Å². The number of hydrogen-bond acceptors (Lipinski definition) is 6. The third-order valence-corrected chi connectivity index (χ3v) is 7.12. The average molecular weight is 523 g/mol. The van der Waals surface area contributed by atoms with Crippen molar-refractivity contribution in [2.24, 2.45) is 0 Å². The minimum atomic E-state index is -0.726. The van der Waals surface area contributed by atoms with Crippen molar-refractivity contribution < 1.29 is 24.2 Å². The lowest BCUT2D eigenvalue weighted by Gasteiger charge is -2.28. The van der Waals surface area contributed by atoms with Crippen molar-refractivity contribution in [2.75, 3.05) is 40.4 Å². The summed E-state index contributed by atoms with van der Waals surface area (Å²) >= 11 is 0. The summed E-state index contributed by atoms with van der Waals surface area (Å²) in [6, 6.07) is 11.9. The fourth-order valence-corrected chi connectivity index (χ4v) is 4.91. The zero-order valence-corrected chi connectivity index (χ0v) is 23.5. The number of ketones is 1. The summed E-state index contributed by atoms with van der Waals surface area (Å²) < 4.78 is 10.9. The molecule has 2 aromatic carbocycles. The maximum absolute atomic E-state index is 13.4. The smallest absolute Gasteiger partial charge is 0.295 e. The van der Waals surface area contributed by atoms with Gasteiger partial charge in [0.25, 0.3) is 11.7 Å². The van der Waals surface area contributed by atoms with Crippen molar-refractivity contribution in [3.63, 3.8) is 0 Å². The second-order valence-electron chi connectivity index (χ2n) is 9.88. The Morgan fingerprint density at radius 3 is 2.08 bits per heavy atom. The van der Waals surface area contributed by atoms with E-state index >= 15 is 0 Å². The lowest BCUT2D eigenvalue weighted by molar-refractivity contribution is -0.140. The number of Topliss-reactive ketones (excluding diaryl/α,β-unsaturated/α-hetero) is 1. The largest absolute Gasteiger partial charge is 0.507 e. The van der Waals surface area contributed by atoms with Gasteiger partial charge in [-0.3, -0.25) is 9.59 Å². The first-order valence-electron chi connectivity index (χ1n) is 13.7. The van der Waals surface area contributed by atoms with Crippen LogP contribution in [0.15, 0.2) is 48.0 Å². The van der Waals surface area contributed by atoms with E-state index in [-0.39, 0.29) is 11.3 Å². The molecule has 0 aromatic heterocycles. The highest BCUT2D eigenvalue weighted by Crippen LogP contribution is 2.42. The summed E-state index contributed by atoms with van der Waals surface area (Å²) in [5.74, 6) is -0.382. The van der Waals surface area contributed by atoms with Gasteiger partial charge in [0.15, 0.2) is 11.5 Å². The summed E-state index contributed by atoms with van der Waals surface area (Å²) in [6.07, 6.45) is 5.27. The number of aliphatic hydroxyl groups is 1. The van der Waals surface area contributed by atoms with Crippen LogP contribution in [-0.4, -0.2) is 67.0 Å². The van der Waals surface area contributed by atoms with E-state index in [2.05, 4.69) is 18.7 Å². The monoisotopic (exact) mass is 522 g/mol. The number of ether oxygens (including phenoxy) is 2. The fourth-order valence-electron chi connectivity index (χ4n) is 4.91. The molecule has 0 radical (unpaired) electrons. The number of unbranched alkanes of at least 4 members (excludes halogenated alkanes) is 2. The van der Waals surface area contributed by atoms with Gasteiger partial charge in [-0.25, -0.2) is 0 Å². The number of rotatable bonds is 14. The van der Waals surface area contributed by atoms with Gasteiger partial charge in [0.2, 0.25) is 0 Å². The lowest BCUT2D eigenvalue weighted by atomic mass is 9.94. The third kappa shape index (κ3) is 6.76. The molecule has 1 unspecified atom stereocenters. The highest BCUT2D eigenvalue weighted by molar-refractivity contribution is 6.46. The van der Waals surface area contributed by atoms with E-state index in [1.165, 1.54) is 0 Å². The fraction of sp³-hybridized carbons (Fsp3) is 0.484. The predicted molar refractivity (Wildman–Crippen MR) is 151 cm³/mol. The Morgan fingerprint density at radius 2 is 1.50 bits per heavy atom. The molecule has 206 valence electrons. The summed E-state index contributed by atoms with van der Waals surface area (Å²) in [4.78, 5) is 30.8. The first-order chi connectivity index (χ1) is 18.4. The Labute approximate surface area is 227 Å². The average Bonchev–Trinajstić information content (AvgIpc) is 3.18. The molecule has 1 N–H and O–H groups in total. The zero-order valence-electron chi connectivity index (χ0n) is 23.5. The van der Waals surface area contributed by atoms with E-state index in [4.69, 9.17) is 9.47 Å². The summed E-state index contributed by atoms with van der Waals surface area (Å²) in [5.41, 5.74) is 2.32. The highest BCUT2D eigenvalue weighted by atomic mass is 16.5. The van der Waals surface area contributed by atoms with E-state index in [9.17, 15) is 14.7 Å². The van der Waals surface area contributed by atoms with Crippen LogP contribution in [0, 0.1) is 6.92 Å². The molecule has 1 heterocycles. The van der Waals surface area contributed by atoms with Gasteiger partial charge < -0.3 is 24.4 Å². The number of carbonyl (C=O) groups excluding carboxylic acids is 2. The number of hydrogen-bond donors (Lipinski definition) is 1. The molecule has 3 rings (SSSR count). The number of benzene rings is 2. The molecule has 1 saturated heterocycles. The first-order valence-corrected chi connectivity index (χ1v) is 13.7. The standard InChI is InChI=1S/C31H42N2O5/c1-6-8-17-32(18-9-7-2)19-10-20-33-28(24-15-16-25(37-4)26(21-24)38-5)27(30(35)31(33)36)29(34)23-13-11-22(3)12-14-23/h11-16,21,28,34H,6-10,17-20H2,1-5H3/b29-27+. The molecule has 38 heavy (non-hydrogen) atoms. The molecular formula is C31H42N2O5. The number of aryl methyl sites for hydroxylation is 1. The quantitative estimate of drug-likeness (QED) is 0.194. The number of methoxy groups -OCH3 is 2. The predicted octanol–water partition coefficient (Wildman–Crippen LogP) is 5.73. The van der Waals surface area contributed by atoms with Crippen LogP contribution in [0.4, 0.5) is 0 Å². The number of aliphatic hydroxyl groups excluding tert-OH is 1. The van der Waals surface area contributed by atoms with Crippen LogP contribution in [0.25, 0.3) is 5.76 Å². The molecule has 1 atom stereocenters.